The number of aryl methyl sites for hydroxylation is 1. The maximum Gasteiger partial charge on any atom is 0.230 e. The van der Waals surface area contributed by atoms with E-state index in [-0.39, 0.29) is 18.1 Å². The second kappa shape index (κ2) is 10.9. The highest BCUT2D eigenvalue weighted by Crippen LogP contribution is 2.24. The predicted molar refractivity (Wildman–Crippen MR) is 121 cm³/mol. The molecule has 1 N–H and O–H groups in total. The second-order valence-electron chi connectivity index (χ2n) is 6.71. The Bertz CT molecular complexity index is 937. The van der Waals surface area contributed by atoms with Crippen LogP contribution >= 0.6 is 23.1 Å². The van der Waals surface area contributed by atoms with E-state index in [9.17, 15) is 9.59 Å². The van der Waals surface area contributed by atoms with E-state index >= 15 is 0 Å². The Morgan fingerprint density at radius 1 is 1.07 bits per heavy atom. The SMILES string of the molecule is CCCCc1ccc(NC(=O)Cc2csc(SCC(=O)c3ccccc3)n2)cc1. The Morgan fingerprint density at radius 3 is 2.55 bits per heavy atom. The van der Waals surface area contributed by atoms with E-state index in [4.69, 9.17) is 0 Å². The molecule has 1 heterocycles. The predicted octanol–water partition coefficient (Wildman–Crippen LogP) is 5.64. The van der Waals surface area contributed by atoms with Gasteiger partial charge < -0.3 is 5.32 Å². The number of thioether (sulfide) groups is 1. The van der Waals surface area contributed by atoms with Gasteiger partial charge in [0, 0.05) is 16.6 Å². The molecule has 1 aromatic heterocycles. The minimum Gasteiger partial charge on any atom is -0.326 e. The minimum absolute atomic E-state index is 0.0764. The van der Waals surface area contributed by atoms with Crippen molar-refractivity contribution in [2.75, 3.05) is 11.1 Å². The number of aromatic nitrogens is 1. The maximum absolute atomic E-state index is 12.3. The molecule has 0 radical (unpaired) electrons. The number of hydrogen-bond acceptors (Lipinski definition) is 5. The number of anilines is 1. The van der Waals surface area contributed by atoms with Crippen LogP contribution in [-0.4, -0.2) is 22.4 Å². The van der Waals surface area contributed by atoms with E-state index in [1.165, 1.54) is 41.5 Å². The molecule has 0 saturated heterocycles. The largest absolute Gasteiger partial charge is 0.326 e. The number of Topliss-reactive ketones (excluding diaryl/α,β-unsaturated/α-hetero) is 1. The number of carbonyl (C=O) groups excluding carboxylic acids is 2. The summed E-state index contributed by atoms with van der Waals surface area (Å²) in [6.45, 7) is 2.18. The molecule has 0 aliphatic rings. The number of rotatable bonds is 10. The molecule has 0 unspecified atom stereocenters. The van der Waals surface area contributed by atoms with Gasteiger partial charge in [-0.15, -0.1) is 11.3 Å². The number of hydrogen-bond donors (Lipinski definition) is 1. The summed E-state index contributed by atoms with van der Waals surface area (Å²) < 4.78 is 0.803. The van der Waals surface area contributed by atoms with Gasteiger partial charge in [0.15, 0.2) is 10.1 Å². The summed E-state index contributed by atoms with van der Waals surface area (Å²) in [5.41, 5.74) is 3.52. The van der Waals surface area contributed by atoms with Crippen molar-refractivity contribution < 1.29 is 9.59 Å². The van der Waals surface area contributed by atoms with Gasteiger partial charge in [0.25, 0.3) is 0 Å². The first-order valence-corrected chi connectivity index (χ1v) is 11.5. The number of thiazole rings is 1. The molecule has 3 aromatic rings. The number of benzene rings is 2. The summed E-state index contributed by atoms with van der Waals surface area (Å²) in [6, 6.07) is 17.3. The normalized spacial score (nSPS) is 10.7. The smallest absolute Gasteiger partial charge is 0.230 e. The molecule has 0 spiro atoms. The van der Waals surface area contributed by atoms with Crippen molar-refractivity contribution in [3.63, 3.8) is 0 Å². The fourth-order valence-corrected chi connectivity index (χ4v) is 4.52. The molecular formula is C23H24N2O2S2. The lowest BCUT2D eigenvalue weighted by Crippen LogP contribution is -2.14. The molecule has 0 aliphatic heterocycles. The number of amides is 1. The van der Waals surface area contributed by atoms with Gasteiger partial charge in [-0.25, -0.2) is 4.98 Å². The highest BCUT2D eigenvalue weighted by molar-refractivity contribution is 8.01. The van der Waals surface area contributed by atoms with Crippen molar-refractivity contribution in [2.45, 2.75) is 36.9 Å². The topological polar surface area (TPSA) is 59.1 Å². The third kappa shape index (κ3) is 6.84. The van der Waals surface area contributed by atoms with Crippen LogP contribution in [0.3, 0.4) is 0 Å². The average Bonchev–Trinajstić information content (AvgIpc) is 3.19. The lowest BCUT2D eigenvalue weighted by molar-refractivity contribution is -0.115. The Morgan fingerprint density at radius 2 is 1.83 bits per heavy atom. The van der Waals surface area contributed by atoms with Gasteiger partial charge in [-0.05, 0) is 30.5 Å². The van der Waals surface area contributed by atoms with Gasteiger partial charge in [-0.3, -0.25) is 9.59 Å². The molecule has 0 aliphatic carbocycles. The van der Waals surface area contributed by atoms with Crippen LogP contribution in [-0.2, 0) is 17.6 Å². The van der Waals surface area contributed by atoms with Crippen LogP contribution in [0, 0.1) is 0 Å². The van der Waals surface area contributed by atoms with Crippen molar-refractivity contribution in [2.24, 2.45) is 0 Å². The van der Waals surface area contributed by atoms with Crippen molar-refractivity contribution in [1.82, 2.24) is 4.98 Å². The summed E-state index contributed by atoms with van der Waals surface area (Å²) >= 11 is 2.87. The average molecular weight is 425 g/mol. The summed E-state index contributed by atoms with van der Waals surface area (Å²) in [6.07, 6.45) is 3.64. The highest BCUT2D eigenvalue weighted by atomic mass is 32.2. The number of nitrogens with one attached hydrogen (secondary N) is 1. The molecule has 29 heavy (non-hydrogen) atoms. The highest BCUT2D eigenvalue weighted by Gasteiger charge is 2.11. The van der Waals surface area contributed by atoms with E-state index in [1.54, 1.807) is 0 Å². The number of ketones is 1. The molecule has 0 saturated carbocycles. The van der Waals surface area contributed by atoms with Crippen molar-refractivity contribution >= 4 is 40.5 Å². The van der Waals surface area contributed by atoms with Crippen LogP contribution in [0.4, 0.5) is 5.69 Å². The van der Waals surface area contributed by atoms with E-state index in [0.29, 0.717) is 11.3 Å². The third-order valence-electron chi connectivity index (χ3n) is 4.35. The second-order valence-corrected chi connectivity index (χ2v) is 8.79. The molecule has 3 rings (SSSR count). The summed E-state index contributed by atoms with van der Waals surface area (Å²) in [5.74, 6) is 0.328. The Kier molecular flexibility index (Phi) is 8.02. The molecule has 0 atom stereocenters. The summed E-state index contributed by atoms with van der Waals surface area (Å²) in [5, 5.41) is 4.80. The molecule has 4 nitrogen and oxygen atoms in total. The molecular weight excluding hydrogens is 400 g/mol. The summed E-state index contributed by atoms with van der Waals surface area (Å²) in [4.78, 5) is 28.9. The quantitative estimate of drug-likeness (QED) is 0.338. The monoisotopic (exact) mass is 424 g/mol. The van der Waals surface area contributed by atoms with Gasteiger partial charge >= 0.3 is 0 Å². The number of carbonyl (C=O) groups is 2. The lowest BCUT2D eigenvalue weighted by Gasteiger charge is -2.06. The molecule has 0 bridgehead atoms. The first-order chi connectivity index (χ1) is 14.1. The molecule has 150 valence electrons. The van der Waals surface area contributed by atoms with E-state index in [0.717, 1.165) is 22.1 Å². The van der Waals surface area contributed by atoms with Crippen molar-refractivity contribution in [3.8, 4) is 0 Å². The van der Waals surface area contributed by atoms with Gasteiger partial charge in [0.2, 0.25) is 5.91 Å². The zero-order valence-electron chi connectivity index (χ0n) is 16.4. The van der Waals surface area contributed by atoms with E-state index < -0.39 is 0 Å². The maximum atomic E-state index is 12.3. The molecule has 2 aromatic carbocycles. The number of unbranched alkanes of at least 4 members (excludes halogenated alkanes) is 1. The summed E-state index contributed by atoms with van der Waals surface area (Å²) in [7, 11) is 0. The first-order valence-electron chi connectivity index (χ1n) is 9.68. The fraction of sp³-hybridized carbons (Fsp3) is 0.261. The molecule has 1 amide bonds. The van der Waals surface area contributed by atoms with Crippen molar-refractivity contribution in [1.29, 1.82) is 0 Å². The zero-order chi connectivity index (χ0) is 20.5. The Balaban J connectivity index is 1.46. The van der Waals surface area contributed by atoms with E-state index in [2.05, 4.69) is 29.4 Å². The third-order valence-corrected chi connectivity index (χ3v) is 6.42. The van der Waals surface area contributed by atoms with Gasteiger partial charge in [-0.2, -0.15) is 0 Å². The van der Waals surface area contributed by atoms with Crippen LogP contribution in [0.25, 0.3) is 0 Å². The van der Waals surface area contributed by atoms with Crippen LogP contribution < -0.4 is 5.32 Å². The van der Waals surface area contributed by atoms with Crippen molar-refractivity contribution in [3.05, 3.63) is 76.8 Å². The van der Waals surface area contributed by atoms with Crippen LogP contribution in [0.2, 0.25) is 0 Å². The molecule has 0 fully saturated rings. The Labute approximate surface area is 179 Å². The van der Waals surface area contributed by atoms with Crippen LogP contribution in [0.1, 0.15) is 41.4 Å². The Hall–Kier alpha value is -2.44. The van der Waals surface area contributed by atoms with Crippen LogP contribution in [0.5, 0.6) is 0 Å². The first kappa shape index (κ1) is 21.3. The number of nitrogens with zero attached hydrogens (tertiary/aromatic N) is 1. The van der Waals surface area contributed by atoms with Gasteiger partial charge in [0.05, 0.1) is 17.9 Å². The molecule has 6 heteroatoms. The fourth-order valence-electron chi connectivity index (χ4n) is 2.78. The lowest BCUT2D eigenvalue weighted by atomic mass is 10.1. The van der Waals surface area contributed by atoms with Gasteiger partial charge in [0.1, 0.15) is 0 Å². The standard InChI is InChI=1S/C23H24N2O2S2/c1-2-3-7-17-10-12-19(13-11-17)24-22(27)14-20-15-28-23(25-20)29-16-21(26)18-8-5-4-6-9-18/h4-6,8-13,15H,2-3,7,14,16H2,1H3,(H,24,27). The van der Waals surface area contributed by atoms with Gasteiger partial charge in [-0.1, -0.05) is 67.6 Å². The van der Waals surface area contributed by atoms with Crippen LogP contribution in [0.15, 0.2) is 64.3 Å². The minimum atomic E-state index is -0.0893. The van der Waals surface area contributed by atoms with E-state index in [1.807, 2.05) is 47.8 Å². The zero-order valence-corrected chi connectivity index (χ0v) is 18.0.